The molecule has 0 atom stereocenters. The Kier molecular flexibility index (Phi) is 6.73. The van der Waals surface area contributed by atoms with Crippen molar-refractivity contribution in [2.24, 2.45) is 7.05 Å². The quantitative estimate of drug-likeness (QED) is 0.455. The first-order valence-electron chi connectivity index (χ1n) is 12.8. The smallest absolute Gasteiger partial charge is 0.316 e. The maximum Gasteiger partial charge on any atom is 0.316 e. The summed E-state index contributed by atoms with van der Waals surface area (Å²) in [4.78, 5) is 14.8. The summed E-state index contributed by atoms with van der Waals surface area (Å²) in [7, 11) is 1.95. The van der Waals surface area contributed by atoms with Crippen LogP contribution in [0.5, 0.6) is 6.01 Å². The van der Waals surface area contributed by atoms with Crippen LogP contribution in [0.25, 0.3) is 11.4 Å². The molecular formula is C27H37N7O. The summed E-state index contributed by atoms with van der Waals surface area (Å²) in [5.41, 5.74) is 2.24. The first kappa shape index (κ1) is 23.7. The van der Waals surface area contributed by atoms with E-state index in [2.05, 4.69) is 46.8 Å². The summed E-state index contributed by atoms with van der Waals surface area (Å²) < 4.78 is 7.86. The second kappa shape index (κ2) is 9.93. The zero-order valence-corrected chi connectivity index (χ0v) is 21.4. The van der Waals surface area contributed by atoms with Gasteiger partial charge in [-0.05, 0) is 19.3 Å². The van der Waals surface area contributed by atoms with E-state index < -0.39 is 0 Å². The second-order valence-corrected chi connectivity index (χ2v) is 10.8. The zero-order chi connectivity index (χ0) is 24.4. The average molecular weight is 476 g/mol. The molecule has 2 fully saturated rings. The molecule has 0 radical (unpaired) electrons. The van der Waals surface area contributed by atoms with E-state index in [1.54, 1.807) is 0 Å². The normalized spacial score (nSPS) is 17.1. The van der Waals surface area contributed by atoms with Crippen LogP contribution in [0, 0.1) is 0 Å². The fourth-order valence-electron chi connectivity index (χ4n) is 4.47. The van der Waals surface area contributed by atoms with E-state index in [1.165, 1.54) is 18.5 Å². The van der Waals surface area contributed by atoms with Gasteiger partial charge in [-0.3, -0.25) is 9.47 Å². The van der Waals surface area contributed by atoms with E-state index in [9.17, 15) is 0 Å². The number of hydrogen-bond donors (Lipinski definition) is 0. The molecule has 8 heteroatoms. The molecule has 0 amide bonds. The van der Waals surface area contributed by atoms with Crippen LogP contribution in [0.3, 0.4) is 0 Å². The number of hydrogen-bond acceptors (Lipinski definition) is 7. The van der Waals surface area contributed by atoms with Gasteiger partial charge < -0.3 is 9.64 Å². The molecule has 0 unspecified atom stereocenters. The minimum Gasteiger partial charge on any atom is -0.464 e. The Morgan fingerprint density at radius 2 is 1.71 bits per heavy atom. The molecular weight excluding hydrogens is 438 g/mol. The summed E-state index contributed by atoms with van der Waals surface area (Å²) in [5.74, 6) is 3.53. The van der Waals surface area contributed by atoms with Crippen molar-refractivity contribution in [2.45, 2.75) is 51.4 Å². The van der Waals surface area contributed by atoms with Gasteiger partial charge in [-0.2, -0.15) is 0 Å². The van der Waals surface area contributed by atoms with Crippen molar-refractivity contribution in [3.05, 3.63) is 47.9 Å². The highest BCUT2D eigenvalue weighted by Crippen LogP contribution is 2.40. The second-order valence-electron chi connectivity index (χ2n) is 10.8. The maximum atomic E-state index is 5.94. The third kappa shape index (κ3) is 5.64. The lowest BCUT2D eigenvalue weighted by atomic mass is 9.95. The maximum absolute atomic E-state index is 5.94. The number of ether oxygens (including phenoxy) is 1. The van der Waals surface area contributed by atoms with Gasteiger partial charge >= 0.3 is 6.01 Å². The Balaban J connectivity index is 1.10. The molecule has 0 N–H and O–H groups in total. The van der Waals surface area contributed by atoms with E-state index in [4.69, 9.17) is 14.7 Å². The molecule has 3 heterocycles. The zero-order valence-electron chi connectivity index (χ0n) is 21.4. The SMILES string of the molecule is Cn1c(OCCCN2CCN(c3cc(C4CC4)nc(C(C)(C)C)n3)CC2)nnc1-c1ccccc1. The van der Waals surface area contributed by atoms with Crippen molar-refractivity contribution in [3.63, 3.8) is 0 Å². The van der Waals surface area contributed by atoms with Gasteiger partial charge in [0.15, 0.2) is 5.82 Å². The molecule has 2 aromatic heterocycles. The highest BCUT2D eigenvalue weighted by Gasteiger charge is 2.29. The van der Waals surface area contributed by atoms with Gasteiger partial charge in [0.1, 0.15) is 11.6 Å². The molecule has 8 nitrogen and oxygen atoms in total. The number of nitrogens with zero attached hydrogens (tertiary/aromatic N) is 7. The summed E-state index contributed by atoms with van der Waals surface area (Å²) in [6, 6.07) is 12.9. The van der Waals surface area contributed by atoms with Crippen LogP contribution in [-0.2, 0) is 12.5 Å². The largest absolute Gasteiger partial charge is 0.464 e. The molecule has 1 saturated heterocycles. The average Bonchev–Trinajstić information content (AvgIpc) is 3.65. The molecule has 5 rings (SSSR count). The fourth-order valence-corrected chi connectivity index (χ4v) is 4.47. The molecule has 0 spiro atoms. The Bertz CT molecular complexity index is 1130. The van der Waals surface area contributed by atoms with Gasteiger partial charge in [-0.15, -0.1) is 5.10 Å². The lowest BCUT2D eigenvalue weighted by Crippen LogP contribution is -2.47. The van der Waals surface area contributed by atoms with Crippen LogP contribution in [0.4, 0.5) is 5.82 Å². The van der Waals surface area contributed by atoms with Gasteiger partial charge in [0.05, 0.1) is 6.61 Å². The third-order valence-corrected chi connectivity index (χ3v) is 6.81. The lowest BCUT2D eigenvalue weighted by Gasteiger charge is -2.36. The summed E-state index contributed by atoms with van der Waals surface area (Å²) in [6.07, 6.45) is 3.48. The van der Waals surface area contributed by atoms with Crippen molar-refractivity contribution < 1.29 is 4.74 Å². The van der Waals surface area contributed by atoms with Crippen molar-refractivity contribution in [1.82, 2.24) is 29.6 Å². The first-order valence-corrected chi connectivity index (χ1v) is 12.8. The van der Waals surface area contributed by atoms with E-state index in [0.29, 0.717) is 18.5 Å². The molecule has 35 heavy (non-hydrogen) atoms. The van der Waals surface area contributed by atoms with E-state index >= 15 is 0 Å². The van der Waals surface area contributed by atoms with Crippen molar-refractivity contribution in [1.29, 1.82) is 0 Å². The van der Waals surface area contributed by atoms with Gasteiger partial charge in [0, 0.05) is 68.4 Å². The van der Waals surface area contributed by atoms with Gasteiger partial charge in [-0.1, -0.05) is 56.2 Å². The molecule has 2 aliphatic rings. The summed E-state index contributed by atoms with van der Waals surface area (Å²) in [6.45, 7) is 12.3. The molecule has 1 aliphatic heterocycles. The summed E-state index contributed by atoms with van der Waals surface area (Å²) >= 11 is 0. The molecule has 1 aliphatic carbocycles. The number of aromatic nitrogens is 5. The van der Waals surface area contributed by atoms with E-state index in [1.807, 2.05) is 41.9 Å². The standard InChI is InChI=1S/C27H37N7O/c1-27(2,3)25-28-22(20-11-12-20)19-23(29-25)34-16-14-33(15-17-34)13-8-18-35-26-31-30-24(32(26)4)21-9-6-5-7-10-21/h5-7,9-10,19-20H,8,11-18H2,1-4H3. The summed E-state index contributed by atoms with van der Waals surface area (Å²) in [5, 5.41) is 8.52. The Morgan fingerprint density at radius 3 is 2.40 bits per heavy atom. The molecule has 1 aromatic carbocycles. The Hall–Kier alpha value is -3.00. The fraction of sp³-hybridized carbons (Fsp3) is 0.556. The predicted molar refractivity (Wildman–Crippen MR) is 138 cm³/mol. The van der Waals surface area contributed by atoms with Crippen LogP contribution >= 0.6 is 0 Å². The van der Waals surface area contributed by atoms with Crippen LogP contribution in [0.15, 0.2) is 36.4 Å². The highest BCUT2D eigenvalue weighted by atomic mass is 16.5. The monoisotopic (exact) mass is 475 g/mol. The number of benzene rings is 1. The first-order chi connectivity index (χ1) is 16.9. The molecule has 0 bridgehead atoms. The topological polar surface area (TPSA) is 72.2 Å². The van der Waals surface area contributed by atoms with Crippen molar-refractivity contribution in [2.75, 3.05) is 44.2 Å². The number of anilines is 1. The van der Waals surface area contributed by atoms with Crippen LogP contribution in [0.2, 0.25) is 0 Å². The highest BCUT2D eigenvalue weighted by molar-refractivity contribution is 5.55. The van der Waals surface area contributed by atoms with Gasteiger partial charge in [0.2, 0.25) is 0 Å². The predicted octanol–water partition coefficient (Wildman–Crippen LogP) is 4.04. The number of rotatable bonds is 8. The van der Waals surface area contributed by atoms with Gasteiger partial charge in [0.25, 0.3) is 0 Å². The van der Waals surface area contributed by atoms with Crippen LogP contribution in [0.1, 0.15) is 57.5 Å². The van der Waals surface area contributed by atoms with Crippen molar-refractivity contribution >= 4 is 5.82 Å². The Morgan fingerprint density at radius 1 is 0.971 bits per heavy atom. The van der Waals surface area contributed by atoms with Gasteiger partial charge in [-0.25, -0.2) is 9.97 Å². The molecule has 186 valence electrons. The minimum atomic E-state index is -0.0357. The van der Waals surface area contributed by atoms with Crippen molar-refractivity contribution in [3.8, 4) is 17.4 Å². The van der Waals surface area contributed by atoms with Crippen LogP contribution in [-0.4, -0.2) is 69.0 Å². The van der Waals surface area contributed by atoms with E-state index in [0.717, 1.165) is 62.2 Å². The molecule has 1 saturated carbocycles. The number of piperazine rings is 1. The lowest BCUT2D eigenvalue weighted by molar-refractivity contribution is 0.215. The Labute approximate surface area is 208 Å². The third-order valence-electron chi connectivity index (χ3n) is 6.81. The molecule has 3 aromatic rings. The minimum absolute atomic E-state index is 0.0357. The van der Waals surface area contributed by atoms with Crippen LogP contribution < -0.4 is 9.64 Å². The van der Waals surface area contributed by atoms with E-state index in [-0.39, 0.29) is 5.41 Å².